The van der Waals surface area contributed by atoms with Crippen LogP contribution in [0.5, 0.6) is 0 Å². The van der Waals surface area contributed by atoms with E-state index in [0.29, 0.717) is 25.5 Å². The van der Waals surface area contributed by atoms with Gasteiger partial charge in [0.05, 0.1) is 30.2 Å². The zero-order valence-electron chi connectivity index (χ0n) is 14.4. The SMILES string of the molecule is COCCn1nc(C)c(NC(=O)CCC2CCNCC2)c1C.Cl. The molecular formula is C16H29ClN4O2. The van der Waals surface area contributed by atoms with Gasteiger partial charge in [0.2, 0.25) is 5.91 Å². The maximum absolute atomic E-state index is 12.2. The first-order chi connectivity index (χ1) is 10.6. The van der Waals surface area contributed by atoms with Crippen LogP contribution >= 0.6 is 12.4 Å². The van der Waals surface area contributed by atoms with Crippen molar-refractivity contribution >= 4 is 24.0 Å². The molecule has 0 unspecified atom stereocenters. The largest absolute Gasteiger partial charge is 0.383 e. The van der Waals surface area contributed by atoms with Crippen LogP contribution in [0.2, 0.25) is 0 Å². The van der Waals surface area contributed by atoms with Crippen molar-refractivity contribution in [3.8, 4) is 0 Å². The van der Waals surface area contributed by atoms with Gasteiger partial charge in [-0.1, -0.05) is 0 Å². The van der Waals surface area contributed by atoms with Gasteiger partial charge in [-0.2, -0.15) is 5.10 Å². The van der Waals surface area contributed by atoms with E-state index in [2.05, 4.69) is 15.7 Å². The first kappa shape index (κ1) is 19.9. The van der Waals surface area contributed by atoms with Gasteiger partial charge in [-0.3, -0.25) is 9.48 Å². The van der Waals surface area contributed by atoms with Crippen molar-refractivity contribution in [3.05, 3.63) is 11.4 Å². The number of carbonyl (C=O) groups excluding carboxylic acids is 1. The molecule has 1 fully saturated rings. The molecule has 6 nitrogen and oxygen atoms in total. The number of nitrogens with one attached hydrogen (secondary N) is 2. The summed E-state index contributed by atoms with van der Waals surface area (Å²) in [6, 6.07) is 0. The number of hydrogen-bond acceptors (Lipinski definition) is 4. The van der Waals surface area contributed by atoms with Gasteiger partial charge in [0.1, 0.15) is 0 Å². The molecule has 1 aliphatic rings. The Labute approximate surface area is 144 Å². The zero-order chi connectivity index (χ0) is 15.9. The third-order valence-corrected chi connectivity index (χ3v) is 4.39. The zero-order valence-corrected chi connectivity index (χ0v) is 15.2. The summed E-state index contributed by atoms with van der Waals surface area (Å²) in [6.45, 7) is 7.39. The third kappa shape index (κ3) is 5.79. The number of hydrogen-bond donors (Lipinski definition) is 2. The number of amides is 1. The fourth-order valence-corrected chi connectivity index (χ4v) is 2.98. The van der Waals surface area contributed by atoms with Gasteiger partial charge in [0.25, 0.3) is 0 Å². The number of halogens is 1. The minimum Gasteiger partial charge on any atom is -0.383 e. The maximum Gasteiger partial charge on any atom is 0.224 e. The Morgan fingerprint density at radius 1 is 1.39 bits per heavy atom. The highest BCUT2D eigenvalue weighted by molar-refractivity contribution is 5.91. The van der Waals surface area contributed by atoms with E-state index in [1.165, 1.54) is 12.8 Å². The molecule has 2 N–H and O–H groups in total. The summed E-state index contributed by atoms with van der Waals surface area (Å²) in [7, 11) is 1.68. The van der Waals surface area contributed by atoms with E-state index in [1.807, 2.05) is 18.5 Å². The van der Waals surface area contributed by atoms with Crippen LogP contribution in [0, 0.1) is 19.8 Å². The Kier molecular flexibility index (Phi) is 8.58. The molecule has 7 heteroatoms. The van der Waals surface area contributed by atoms with E-state index < -0.39 is 0 Å². The average molecular weight is 345 g/mol. The fourth-order valence-electron chi connectivity index (χ4n) is 2.98. The smallest absolute Gasteiger partial charge is 0.224 e. The lowest BCUT2D eigenvalue weighted by Gasteiger charge is -2.22. The number of methoxy groups -OCH3 is 1. The first-order valence-electron chi connectivity index (χ1n) is 8.15. The number of nitrogens with zero attached hydrogens (tertiary/aromatic N) is 2. The Morgan fingerprint density at radius 3 is 2.74 bits per heavy atom. The number of aryl methyl sites for hydroxylation is 1. The van der Waals surface area contributed by atoms with Crippen molar-refractivity contribution in [1.82, 2.24) is 15.1 Å². The highest BCUT2D eigenvalue weighted by atomic mass is 35.5. The molecule has 23 heavy (non-hydrogen) atoms. The molecule has 1 amide bonds. The van der Waals surface area contributed by atoms with E-state index in [1.54, 1.807) is 7.11 Å². The lowest BCUT2D eigenvalue weighted by molar-refractivity contribution is -0.116. The molecule has 0 spiro atoms. The molecule has 0 bridgehead atoms. The standard InChI is InChI=1S/C16H28N4O2.ClH/c1-12-16(13(2)20(19-12)10-11-22-3)18-15(21)5-4-14-6-8-17-9-7-14;/h14,17H,4-11H2,1-3H3,(H,18,21);1H. The predicted molar refractivity (Wildman–Crippen MR) is 94.3 cm³/mol. The number of ether oxygens (including phenoxy) is 1. The lowest BCUT2D eigenvalue weighted by atomic mass is 9.93. The van der Waals surface area contributed by atoms with Gasteiger partial charge in [0, 0.05) is 13.5 Å². The summed E-state index contributed by atoms with van der Waals surface area (Å²) in [4.78, 5) is 12.2. The molecule has 1 saturated heterocycles. The minimum absolute atomic E-state index is 0. The molecule has 0 radical (unpaired) electrons. The Morgan fingerprint density at radius 2 is 2.09 bits per heavy atom. The van der Waals surface area contributed by atoms with Crippen molar-refractivity contribution in [1.29, 1.82) is 0 Å². The number of rotatable bonds is 7. The van der Waals surface area contributed by atoms with E-state index in [9.17, 15) is 4.79 Å². The molecule has 2 heterocycles. The van der Waals surface area contributed by atoms with Crippen molar-refractivity contribution < 1.29 is 9.53 Å². The summed E-state index contributed by atoms with van der Waals surface area (Å²) in [5.41, 5.74) is 2.71. The van der Waals surface area contributed by atoms with Crippen molar-refractivity contribution in [2.24, 2.45) is 5.92 Å². The number of carbonyl (C=O) groups is 1. The van der Waals surface area contributed by atoms with Crippen LogP contribution in [0.3, 0.4) is 0 Å². The quantitative estimate of drug-likeness (QED) is 0.796. The monoisotopic (exact) mass is 344 g/mol. The van der Waals surface area contributed by atoms with Crippen molar-refractivity contribution in [3.63, 3.8) is 0 Å². The molecule has 0 atom stereocenters. The van der Waals surface area contributed by atoms with Gasteiger partial charge in [-0.05, 0) is 52.1 Å². The van der Waals surface area contributed by atoms with Gasteiger partial charge in [-0.25, -0.2) is 0 Å². The number of anilines is 1. The van der Waals surface area contributed by atoms with Crippen LogP contribution in [0.15, 0.2) is 0 Å². The molecule has 1 aromatic rings. The van der Waals surface area contributed by atoms with Crippen LogP contribution in [0.4, 0.5) is 5.69 Å². The summed E-state index contributed by atoms with van der Waals surface area (Å²) in [5, 5.41) is 10.9. The Bertz CT molecular complexity index is 499. The first-order valence-corrected chi connectivity index (χ1v) is 8.15. The van der Waals surface area contributed by atoms with E-state index >= 15 is 0 Å². The van der Waals surface area contributed by atoms with Gasteiger partial charge >= 0.3 is 0 Å². The molecule has 0 saturated carbocycles. The second-order valence-corrected chi connectivity index (χ2v) is 6.04. The molecule has 0 aliphatic carbocycles. The average Bonchev–Trinajstić information content (AvgIpc) is 2.79. The number of aromatic nitrogens is 2. The molecule has 0 aromatic carbocycles. The normalized spacial score (nSPS) is 15.3. The van der Waals surface area contributed by atoms with E-state index in [-0.39, 0.29) is 18.3 Å². The molecule has 1 aliphatic heterocycles. The topological polar surface area (TPSA) is 68.2 Å². The van der Waals surface area contributed by atoms with Crippen LogP contribution in [0.1, 0.15) is 37.1 Å². The van der Waals surface area contributed by atoms with Gasteiger partial charge < -0.3 is 15.4 Å². The highest BCUT2D eigenvalue weighted by Crippen LogP contribution is 2.21. The second kappa shape index (κ2) is 9.90. The van der Waals surface area contributed by atoms with Gasteiger partial charge in [0.15, 0.2) is 0 Å². The van der Waals surface area contributed by atoms with Crippen molar-refractivity contribution in [2.45, 2.75) is 46.1 Å². The van der Waals surface area contributed by atoms with E-state index in [4.69, 9.17) is 4.74 Å². The predicted octanol–water partition coefficient (Wildman–Crippen LogP) is 2.29. The van der Waals surface area contributed by atoms with Crippen LogP contribution in [-0.2, 0) is 16.1 Å². The summed E-state index contributed by atoms with van der Waals surface area (Å²) >= 11 is 0. The summed E-state index contributed by atoms with van der Waals surface area (Å²) < 4.78 is 6.97. The minimum atomic E-state index is 0. The highest BCUT2D eigenvalue weighted by Gasteiger charge is 2.17. The Hall–Kier alpha value is -1.11. The molecular weight excluding hydrogens is 316 g/mol. The third-order valence-electron chi connectivity index (χ3n) is 4.39. The molecule has 1 aromatic heterocycles. The Balaban J connectivity index is 0.00000264. The van der Waals surface area contributed by atoms with E-state index in [0.717, 1.165) is 36.6 Å². The molecule has 2 rings (SSSR count). The fraction of sp³-hybridized carbons (Fsp3) is 0.750. The summed E-state index contributed by atoms with van der Waals surface area (Å²) in [5.74, 6) is 0.773. The maximum atomic E-state index is 12.2. The van der Waals surface area contributed by atoms with Crippen LogP contribution in [0.25, 0.3) is 0 Å². The molecule has 132 valence electrons. The second-order valence-electron chi connectivity index (χ2n) is 6.04. The summed E-state index contributed by atoms with van der Waals surface area (Å²) in [6.07, 6.45) is 3.93. The van der Waals surface area contributed by atoms with Crippen molar-refractivity contribution in [2.75, 3.05) is 32.1 Å². The van der Waals surface area contributed by atoms with Crippen LogP contribution in [-0.4, -0.2) is 42.5 Å². The lowest BCUT2D eigenvalue weighted by Crippen LogP contribution is -2.28. The number of piperidine rings is 1. The van der Waals surface area contributed by atoms with Gasteiger partial charge in [-0.15, -0.1) is 12.4 Å². The van der Waals surface area contributed by atoms with Crippen LogP contribution < -0.4 is 10.6 Å².